The molecule has 1 saturated heterocycles. The predicted octanol–water partition coefficient (Wildman–Crippen LogP) is 2.44. The quantitative estimate of drug-likeness (QED) is 0.860. The Kier molecular flexibility index (Phi) is 4.47. The molecule has 0 N–H and O–H groups in total. The van der Waals surface area contributed by atoms with E-state index in [1.165, 1.54) is 18.5 Å². The second kappa shape index (κ2) is 6.89. The summed E-state index contributed by atoms with van der Waals surface area (Å²) in [5, 5.41) is 0. The normalized spacial score (nSPS) is 19.2. The third-order valence-electron chi connectivity index (χ3n) is 5.28. The molecule has 0 atom stereocenters. The number of fused-ring (bicyclic) bond motifs is 1. The number of hydrogen-bond acceptors (Lipinski definition) is 6. The summed E-state index contributed by atoms with van der Waals surface area (Å²) >= 11 is 0. The van der Waals surface area contributed by atoms with Crippen molar-refractivity contribution in [1.82, 2.24) is 19.9 Å². The molecule has 4 rings (SSSR count). The second-order valence-electron chi connectivity index (χ2n) is 6.87. The molecule has 24 heavy (non-hydrogen) atoms. The lowest BCUT2D eigenvalue weighted by Crippen LogP contribution is -2.43. The summed E-state index contributed by atoms with van der Waals surface area (Å²) in [7, 11) is 2.13. The molecule has 0 amide bonds. The van der Waals surface area contributed by atoms with Gasteiger partial charge in [-0.1, -0.05) is 0 Å². The summed E-state index contributed by atoms with van der Waals surface area (Å²) in [5.74, 6) is 3.04. The zero-order chi connectivity index (χ0) is 16.4. The van der Waals surface area contributed by atoms with Gasteiger partial charge in [0, 0.05) is 38.8 Å². The summed E-state index contributed by atoms with van der Waals surface area (Å²) in [6.07, 6.45) is 10.3. The van der Waals surface area contributed by atoms with Crippen molar-refractivity contribution in [2.24, 2.45) is 0 Å². The van der Waals surface area contributed by atoms with Crippen molar-refractivity contribution in [2.45, 2.75) is 51.1 Å². The van der Waals surface area contributed by atoms with Gasteiger partial charge < -0.3 is 9.32 Å². The molecule has 2 aromatic heterocycles. The zero-order valence-corrected chi connectivity index (χ0v) is 14.3. The lowest BCUT2D eigenvalue weighted by atomic mass is 10.0. The third-order valence-corrected chi connectivity index (χ3v) is 5.28. The number of nitrogens with zero attached hydrogens (tertiary/aromatic N) is 5. The number of rotatable bonds is 4. The molecule has 1 aliphatic carbocycles. The fraction of sp³-hybridized carbons (Fsp3) is 0.611. The van der Waals surface area contributed by atoms with Crippen molar-refractivity contribution in [2.75, 3.05) is 25.0 Å². The minimum absolute atomic E-state index is 0.536. The summed E-state index contributed by atoms with van der Waals surface area (Å²) in [6, 6.07) is 2.51. The van der Waals surface area contributed by atoms with Gasteiger partial charge in [0.25, 0.3) is 0 Å². The van der Waals surface area contributed by atoms with Crippen LogP contribution < -0.4 is 4.90 Å². The van der Waals surface area contributed by atoms with Crippen LogP contribution in [0.15, 0.2) is 23.0 Å². The highest BCUT2D eigenvalue weighted by atomic mass is 16.4. The van der Waals surface area contributed by atoms with Crippen molar-refractivity contribution in [3.05, 3.63) is 35.9 Å². The fourth-order valence-corrected chi connectivity index (χ4v) is 3.81. The van der Waals surface area contributed by atoms with Crippen LogP contribution >= 0.6 is 0 Å². The molecule has 0 bridgehead atoms. The average Bonchev–Trinajstić information content (AvgIpc) is 3.05. The Morgan fingerprint density at radius 2 is 2.08 bits per heavy atom. The van der Waals surface area contributed by atoms with E-state index in [1.807, 2.05) is 6.07 Å². The largest absolute Gasteiger partial charge is 0.444 e. The van der Waals surface area contributed by atoms with Crippen LogP contribution in [0.5, 0.6) is 0 Å². The van der Waals surface area contributed by atoms with Gasteiger partial charge in [0.1, 0.15) is 17.9 Å². The smallest absolute Gasteiger partial charge is 0.208 e. The maximum absolute atomic E-state index is 5.97. The van der Waals surface area contributed by atoms with E-state index in [9.17, 15) is 0 Å². The Bertz CT molecular complexity index is 640. The molecule has 3 heterocycles. The Labute approximate surface area is 142 Å². The molecule has 1 fully saturated rings. The van der Waals surface area contributed by atoms with Crippen LogP contribution in [0.4, 0.5) is 5.82 Å². The molecule has 2 aliphatic rings. The highest BCUT2D eigenvalue weighted by Gasteiger charge is 2.25. The van der Waals surface area contributed by atoms with Crippen molar-refractivity contribution in [1.29, 1.82) is 0 Å². The lowest BCUT2D eigenvalue weighted by molar-refractivity contribution is 0.185. The molecule has 0 radical (unpaired) electrons. The van der Waals surface area contributed by atoms with Crippen LogP contribution in [-0.4, -0.2) is 46.0 Å². The first-order chi connectivity index (χ1) is 11.8. The van der Waals surface area contributed by atoms with Crippen LogP contribution in [0, 0.1) is 0 Å². The number of aromatic nitrogens is 3. The third kappa shape index (κ3) is 3.29. The number of oxazole rings is 1. The standard InChI is InChI=1S/C18H25N5O/c1-22(17-6-9-19-13-20-17)14-7-10-23(11-8-14)12-18-21-15-4-2-3-5-16(15)24-18/h6,9,13-14H,2-5,7-8,10-12H2,1H3. The number of aryl methyl sites for hydroxylation is 2. The van der Waals surface area contributed by atoms with Crippen LogP contribution in [-0.2, 0) is 19.4 Å². The predicted molar refractivity (Wildman–Crippen MR) is 91.9 cm³/mol. The van der Waals surface area contributed by atoms with Crippen molar-refractivity contribution in [3.63, 3.8) is 0 Å². The highest BCUT2D eigenvalue weighted by molar-refractivity contribution is 5.36. The molecule has 0 saturated carbocycles. The van der Waals surface area contributed by atoms with E-state index in [-0.39, 0.29) is 0 Å². The lowest BCUT2D eigenvalue weighted by Gasteiger charge is -2.36. The maximum Gasteiger partial charge on any atom is 0.208 e. The topological polar surface area (TPSA) is 58.3 Å². The van der Waals surface area contributed by atoms with Gasteiger partial charge in [-0.05, 0) is 38.2 Å². The molecular formula is C18H25N5O. The Morgan fingerprint density at radius 3 is 2.83 bits per heavy atom. The van der Waals surface area contributed by atoms with Gasteiger partial charge in [-0.15, -0.1) is 0 Å². The second-order valence-corrected chi connectivity index (χ2v) is 6.87. The van der Waals surface area contributed by atoms with Crippen molar-refractivity contribution < 1.29 is 4.42 Å². The Morgan fingerprint density at radius 1 is 1.25 bits per heavy atom. The van der Waals surface area contributed by atoms with E-state index in [4.69, 9.17) is 9.40 Å². The fourth-order valence-electron chi connectivity index (χ4n) is 3.81. The summed E-state index contributed by atoms with van der Waals surface area (Å²) < 4.78 is 5.97. The van der Waals surface area contributed by atoms with E-state index in [0.717, 1.165) is 62.8 Å². The number of anilines is 1. The molecule has 1 aliphatic heterocycles. The number of piperidine rings is 1. The minimum atomic E-state index is 0.536. The minimum Gasteiger partial charge on any atom is -0.444 e. The van der Waals surface area contributed by atoms with Crippen LogP contribution in [0.2, 0.25) is 0 Å². The SMILES string of the molecule is CN(c1ccncn1)C1CCN(Cc2nc3c(o2)CCCC3)CC1. The molecule has 6 heteroatoms. The monoisotopic (exact) mass is 327 g/mol. The van der Waals surface area contributed by atoms with Gasteiger partial charge in [-0.25, -0.2) is 15.0 Å². The first-order valence-electron chi connectivity index (χ1n) is 8.98. The van der Waals surface area contributed by atoms with Gasteiger partial charge in [-0.2, -0.15) is 0 Å². The van der Waals surface area contributed by atoms with E-state index in [2.05, 4.69) is 26.8 Å². The van der Waals surface area contributed by atoms with E-state index >= 15 is 0 Å². The van der Waals surface area contributed by atoms with Crippen LogP contribution in [0.25, 0.3) is 0 Å². The number of hydrogen-bond donors (Lipinski definition) is 0. The summed E-state index contributed by atoms with van der Waals surface area (Å²) in [6.45, 7) is 3.00. The Hall–Kier alpha value is -1.95. The molecule has 6 nitrogen and oxygen atoms in total. The molecule has 0 aromatic carbocycles. The van der Waals surface area contributed by atoms with E-state index in [1.54, 1.807) is 12.5 Å². The summed E-state index contributed by atoms with van der Waals surface area (Å²) in [5.41, 5.74) is 1.20. The zero-order valence-electron chi connectivity index (χ0n) is 14.3. The van der Waals surface area contributed by atoms with Crippen LogP contribution in [0.3, 0.4) is 0 Å². The molecule has 128 valence electrons. The maximum atomic E-state index is 5.97. The highest BCUT2D eigenvalue weighted by Crippen LogP contribution is 2.24. The number of likely N-dealkylation sites (tertiary alicyclic amines) is 1. The van der Waals surface area contributed by atoms with Gasteiger partial charge >= 0.3 is 0 Å². The van der Waals surface area contributed by atoms with Gasteiger partial charge in [-0.3, -0.25) is 4.90 Å². The molecule has 2 aromatic rings. The van der Waals surface area contributed by atoms with Gasteiger partial charge in [0.05, 0.1) is 12.2 Å². The average molecular weight is 327 g/mol. The molecular weight excluding hydrogens is 302 g/mol. The van der Waals surface area contributed by atoms with Crippen molar-refractivity contribution in [3.8, 4) is 0 Å². The van der Waals surface area contributed by atoms with Gasteiger partial charge in [0.2, 0.25) is 5.89 Å². The van der Waals surface area contributed by atoms with Crippen LogP contribution in [0.1, 0.15) is 43.0 Å². The molecule has 0 spiro atoms. The summed E-state index contributed by atoms with van der Waals surface area (Å²) in [4.78, 5) is 17.8. The van der Waals surface area contributed by atoms with Crippen molar-refractivity contribution >= 4 is 5.82 Å². The molecule has 0 unspecified atom stereocenters. The van der Waals surface area contributed by atoms with Gasteiger partial charge in [0.15, 0.2) is 0 Å². The van der Waals surface area contributed by atoms with E-state index in [0.29, 0.717) is 6.04 Å². The Balaban J connectivity index is 1.32. The van der Waals surface area contributed by atoms with E-state index < -0.39 is 0 Å². The first kappa shape index (κ1) is 15.6. The first-order valence-corrected chi connectivity index (χ1v) is 8.98.